The molecule has 4 nitrogen and oxygen atoms in total. The first kappa shape index (κ1) is 19.9. The monoisotopic (exact) mass is 438 g/mol. The molecule has 0 bridgehead atoms. The molecule has 4 aromatic carbocycles. The molecule has 0 unspecified atom stereocenters. The summed E-state index contributed by atoms with van der Waals surface area (Å²) in [6.45, 7) is 0. The molecule has 0 spiro atoms. The third-order valence-electron chi connectivity index (χ3n) is 5.87. The number of hydrogen-bond donors (Lipinski definition) is 0. The van der Waals surface area contributed by atoms with Gasteiger partial charge in [-0.3, -0.25) is 0 Å². The lowest BCUT2D eigenvalue weighted by atomic mass is 10.1. The van der Waals surface area contributed by atoms with Crippen molar-refractivity contribution in [3.63, 3.8) is 0 Å². The molecule has 0 amide bonds. The predicted octanol–water partition coefficient (Wildman–Crippen LogP) is 7.56. The lowest BCUT2D eigenvalue weighted by Crippen LogP contribution is -2.10. The Morgan fingerprint density at radius 3 is 2.21 bits per heavy atom. The normalized spacial score (nSPS) is 10.9. The van der Waals surface area contributed by atoms with E-state index in [9.17, 15) is 0 Å². The van der Waals surface area contributed by atoms with E-state index in [2.05, 4.69) is 107 Å². The van der Waals surface area contributed by atoms with Crippen LogP contribution in [0.15, 0.2) is 134 Å². The second-order valence-electron chi connectivity index (χ2n) is 8.08. The van der Waals surface area contributed by atoms with Gasteiger partial charge in [0.2, 0.25) is 0 Å². The largest absolute Gasteiger partial charge is 0.310 e. The van der Waals surface area contributed by atoms with Crippen LogP contribution in [0.4, 0.5) is 17.1 Å². The van der Waals surface area contributed by atoms with Gasteiger partial charge in [0.25, 0.3) is 0 Å². The van der Waals surface area contributed by atoms with Crippen molar-refractivity contribution in [2.75, 3.05) is 4.90 Å². The fraction of sp³-hybridized carbons (Fsp3) is 0. The van der Waals surface area contributed by atoms with Crippen LogP contribution in [0.2, 0.25) is 0 Å². The molecule has 0 aliphatic heterocycles. The molecule has 0 saturated heterocycles. The number of hydrogen-bond acceptors (Lipinski definition) is 3. The summed E-state index contributed by atoms with van der Waals surface area (Å²) in [5.41, 5.74) is 7.25. The molecule has 0 aliphatic carbocycles. The third kappa shape index (κ3) is 3.82. The summed E-state index contributed by atoms with van der Waals surface area (Å²) in [6.07, 6.45) is 3.75. The minimum Gasteiger partial charge on any atom is -0.310 e. The number of fused-ring (bicyclic) bond motifs is 1. The van der Waals surface area contributed by atoms with E-state index in [1.54, 1.807) is 6.20 Å². The van der Waals surface area contributed by atoms with E-state index in [1.807, 2.05) is 35.1 Å². The van der Waals surface area contributed by atoms with Gasteiger partial charge in [-0.25, -0.2) is 9.67 Å². The Labute approximate surface area is 198 Å². The van der Waals surface area contributed by atoms with Gasteiger partial charge in [0.15, 0.2) is 0 Å². The van der Waals surface area contributed by atoms with Gasteiger partial charge in [-0.15, -0.1) is 0 Å². The molecule has 0 aliphatic rings. The smallest absolute Gasteiger partial charge is 0.0710 e. The first-order valence-electron chi connectivity index (χ1n) is 11.3. The van der Waals surface area contributed by atoms with E-state index >= 15 is 0 Å². The summed E-state index contributed by atoms with van der Waals surface area (Å²) >= 11 is 0. The molecule has 162 valence electrons. The van der Waals surface area contributed by atoms with Crippen molar-refractivity contribution in [1.82, 2.24) is 14.8 Å². The highest BCUT2D eigenvalue weighted by atomic mass is 15.3. The minimum absolute atomic E-state index is 0.957. The van der Waals surface area contributed by atoms with Crippen LogP contribution in [-0.4, -0.2) is 14.8 Å². The van der Waals surface area contributed by atoms with Crippen molar-refractivity contribution in [3.05, 3.63) is 134 Å². The molecule has 0 fully saturated rings. The van der Waals surface area contributed by atoms with E-state index in [4.69, 9.17) is 4.98 Å². The molecule has 34 heavy (non-hydrogen) atoms. The summed E-state index contributed by atoms with van der Waals surface area (Å²) in [7, 11) is 0. The third-order valence-corrected chi connectivity index (χ3v) is 5.87. The number of benzene rings is 4. The highest BCUT2D eigenvalue weighted by molar-refractivity contribution is 5.83. The zero-order chi connectivity index (χ0) is 22.7. The van der Waals surface area contributed by atoms with E-state index in [0.29, 0.717) is 0 Å². The van der Waals surface area contributed by atoms with Crippen LogP contribution < -0.4 is 4.90 Å². The standard InChI is InChI=1S/C30H22N4/c1-2-11-25(12-3-1)34(28-15-7-13-26(22-28)33-20-8-19-31-33)27-14-6-10-24(21-27)30-18-17-23-9-4-5-16-29(23)32-30/h1-22H. The van der Waals surface area contributed by atoms with Crippen LogP contribution in [0.1, 0.15) is 0 Å². The van der Waals surface area contributed by atoms with Gasteiger partial charge in [-0.1, -0.05) is 60.7 Å². The number of rotatable bonds is 5. The maximum absolute atomic E-state index is 4.91. The highest BCUT2D eigenvalue weighted by Crippen LogP contribution is 2.37. The molecule has 2 aromatic heterocycles. The molecule has 0 saturated carbocycles. The average Bonchev–Trinajstić information content (AvgIpc) is 3.45. The topological polar surface area (TPSA) is 34.0 Å². The van der Waals surface area contributed by atoms with Gasteiger partial charge < -0.3 is 4.90 Å². The van der Waals surface area contributed by atoms with E-state index in [-0.39, 0.29) is 0 Å². The zero-order valence-electron chi connectivity index (χ0n) is 18.5. The van der Waals surface area contributed by atoms with Crippen molar-refractivity contribution in [2.24, 2.45) is 0 Å². The van der Waals surface area contributed by atoms with Crippen molar-refractivity contribution >= 4 is 28.0 Å². The Hall–Kier alpha value is -4.70. The molecule has 0 radical (unpaired) electrons. The number of aromatic nitrogens is 3. The average molecular weight is 439 g/mol. The zero-order valence-corrected chi connectivity index (χ0v) is 18.5. The Balaban J connectivity index is 1.47. The van der Waals surface area contributed by atoms with Crippen LogP contribution >= 0.6 is 0 Å². The quantitative estimate of drug-likeness (QED) is 0.278. The lowest BCUT2D eigenvalue weighted by Gasteiger charge is -2.26. The maximum atomic E-state index is 4.91. The molecular formula is C30H22N4. The summed E-state index contributed by atoms with van der Waals surface area (Å²) in [5, 5.41) is 5.54. The second-order valence-corrected chi connectivity index (χ2v) is 8.08. The fourth-order valence-corrected chi connectivity index (χ4v) is 4.25. The van der Waals surface area contributed by atoms with Gasteiger partial charge in [0, 0.05) is 40.4 Å². The molecular weight excluding hydrogens is 416 g/mol. The summed E-state index contributed by atoms with van der Waals surface area (Å²) in [5.74, 6) is 0. The van der Waals surface area contributed by atoms with Gasteiger partial charge >= 0.3 is 0 Å². The summed E-state index contributed by atoms with van der Waals surface area (Å²) < 4.78 is 1.88. The Kier molecular flexibility index (Phi) is 5.09. The Bertz CT molecular complexity index is 1560. The maximum Gasteiger partial charge on any atom is 0.0710 e. The van der Waals surface area contributed by atoms with Gasteiger partial charge in [-0.05, 0) is 60.7 Å². The van der Waals surface area contributed by atoms with E-state index < -0.39 is 0 Å². The van der Waals surface area contributed by atoms with Crippen molar-refractivity contribution in [3.8, 4) is 16.9 Å². The number of nitrogens with zero attached hydrogens (tertiary/aromatic N) is 4. The Morgan fingerprint density at radius 2 is 1.35 bits per heavy atom. The second kappa shape index (κ2) is 8.68. The van der Waals surface area contributed by atoms with Gasteiger partial charge in [0.05, 0.1) is 16.9 Å². The van der Waals surface area contributed by atoms with E-state index in [0.717, 1.165) is 44.9 Å². The summed E-state index contributed by atoms with van der Waals surface area (Å²) in [6, 6.07) is 41.7. The lowest BCUT2D eigenvalue weighted by molar-refractivity contribution is 0.880. The van der Waals surface area contributed by atoms with Gasteiger partial charge in [-0.2, -0.15) is 5.10 Å². The predicted molar refractivity (Wildman–Crippen MR) is 139 cm³/mol. The number of pyridine rings is 1. The molecule has 6 rings (SSSR count). The Morgan fingerprint density at radius 1 is 0.588 bits per heavy atom. The molecule has 2 heterocycles. The van der Waals surface area contributed by atoms with Crippen LogP contribution in [0.5, 0.6) is 0 Å². The van der Waals surface area contributed by atoms with Crippen molar-refractivity contribution < 1.29 is 0 Å². The first-order chi connectivity index (χ1) is 16.8. The summed E-state index contributed by atoms with van der Waals surface area (Å²) in [4.78, 5) is 7.17. The van der Waals surface area contributed by atoms with Gasteiger partial charge in [0.1, 0.15) is 0 Å². The van der Waals surface area contributed by atoms with Crippen LogP contribution in [-0.2, 0) is 0 Å². The number of anilines is 3. The van der Waals surface area contributed by atoms with Crippen molar-refractivity contribution in [2.45, 2.75) is 0 Å². The van der Waals surface area contributed by atoms with E-state index in [1.165, 1.54) is 0 Å². The first-order valence-corrected chi connectivity index (χ1v) is 11.3. The fourth-order valence-electron chi connectivity index (χ4n) is 4.25. The van der Waals surface area contributed by atoms with Crippen LogP contribution in [0.25, 0.3) is 27.8 Å². The minimum atomic E-state index is 0.957. The highest BCUT2D eigenvalue weighted by Gasteiger charge is 2.14. The molecule has 0 N–H and O–H groups in total. The van der Waals surface area contributed by atoms with Crippen LogP contribution in [0.3, 0.4) is 0 Å². The molecule has 4 heteroatoms. The van der Waals surface area contributed by atoms with Crippen molar-refractivity contribution in [1.29, 1.82) is 0 Å². The number of para-hydroxylation sites is 2. The SMILES string of the molecule is c1ccc(N(c2cccc(-c3ccc4ccccc4n3)c2)c2cccc(-n3cccn3)c2)cc1. The van der Waals surface area contributed by atoms with Crippen LogP contribution in [0, 0.1) is 0 Å². The molecule has 0 atom stereocenters. The molecule has 6 aromatic rings.